The summed E-state index contributed by atoms with van der Waals surface area (Å²) in [4.78, 5) is 26.7. The van der Waals surface area contributed by atoms with E-state index < -0.39 is 0 Å². The SMILES string of the molecule is COc1ccc(NC(=O)Nc2ccc3c(c2)CCC(=O)N3CCC(C)C)cc1OC. The lowest BCUT2D eigenvalue weighted by Crippen LogP contribution is -2.36. The van der Waals surface area contributed by atoms with Crippen LogP contribution in [0.5, 0.6) is 11.5 Å². The van der Waals surface area contributed by atoms with Crippen LogP contribution in [0, 0.1) is 5.92 Å². The van der Waals surface area contributed by atoms with Gasteiger partial charge in [0.15, 0.2) is 11.5 Å². The molecule has 3 amide bonds. The summed E-state index contributed by atoms with van der Waals surface area (Å²) in [5.41, 5.74) is 3.29. The van der Waals surface area contributed by atoms with Crippen molar-refractivity contribution in [3.8, 4) is 11.5 Å². The Bertz CT molecular complexity index is 927. The highest BCUT2D eigenvalue weighted by Crippen LogP contribution is 2.32. The lowest BCUT2D eigenvalue weighted by atomic mass is 9.99. The quantitative estimate of drug-likeness (QED) is 0.694. The second kappa shape index (κ2) is 9.52. The van der Waals surface area contributed by atoms with Gasteiger partial charge in [-0.15, -0.1) is 0 Å². The van der Waals surface area contributed by atoms with Gasteiger partial charge in [-0.05, 0) is 54.7 Å². The van der Waals surface area contributed by atoms with E-state index in [1.54, 1.807) is 32.4 Å². The van der Waals surface area contributed by atoms with Crippen LogP contribution in [-0.2, 0) is 11.2 Å². The first-order valence-corrected chi connectivity index (χ1v) is 10.1. The van der Waals surface area contributed by atoms with E-state index in [4.69, 9.17) is 9.47 Å². The average molecular weight is 412 g/mol. The Hall–Kier alpha value is -3.22. The number of urea groups is 1. The molecule has 0 aromatic heterocycles. The Morgan fingerprint density at radius 1 is 1.00 bits per heavy atom. The fourth-order valence-electron chi connectivity index (χ4n) is 3.48. The number of carbonyl (C=O) groups is 2. The predicted octanol–water partition coefficient (Wildman–Crippen LogP) is 4.67. The second-order valence-corrected chi connectivity index (χ2v) is 7.72. The topological polar surface area (TPSA) is 79.9 Å². The van der Waals surface area contributed by atoms with Gasteiger partial charge in [0.2, 0.25) is 5.91 Å². The van der Waals surface area contributed by atoms with Crippen LogP contribution in [0.25, 0.3) is 0 Å². The largest absolute Gasteiger partial charge is 0.493 e. The second-order valence-electron chi connectivity index (χ2n) is 7.72. The van der Waals surface area contributed by atoms with Gasteiger partial charge in [-0.1, -0.05) is 13.8 Å². The van der Waals surface area contributed by atoms with Gasteiger partial charge < -0.3 is 25.0 Å². The maximum absolute atomic E-state index is 12.4. The number of amides is 3. The lowest BCUT2D eigenvalue weighted by molar-refractivity contribution is -0.118. The molecule has 0 fully saturated rings. The molecule has 2 aromatic rings. The fourth-order valence-corrected chi connectivity index (χ4v) is 3.48. The first-order chi connectivity index (χ1) is 14.4. The molecule has 0 radical (unpaired) electrons. The van der Waals surface area contributed by atoms with Crippen LogP contribution in [0.1, 0.15) is 32.3 Å². The van der Waals surface area contributed by atoms with Crippen molar-refractivity contribution < 1.29 is 19.1 Å². The summed E-state index contributed by atoms with van der Waals surface area (Å²) in [7, 11) is 3.11. The van der Waals surface area contributed by atoms with E-state index >= 15 is 0 Å². The molecule has 0 bridgehead atoms. The molecule has 0 unspecified atom stereocenters. The van der Waals surface area contributed by atoms with Crippen molar-refractivity contribution >= 4 is 29.0 Å². The van der Waals surface area contributed by atoms with Crippen LogP contribution in [0.4, 0.5) is 21.9 Å². The number of hydrogen-bond acceptors (Lipinski definition) is 4. The third-order valence-corrected chi connectivity index (χ3v) is 5.11. The van der Waals surface area contributed by atoms with Gasteiger partial charge in [-0.3, -0.25) is 4.79 Å². The molecule has 0 saturated heterocycles. The van der Waals surface area contributed by atoms with E-state index in [-0.39, 0.29) is 11.9 Å². The third kappa shape index (κ3) is 5.03. The van der Waals surface area contributed by atoms with Crippen molar-refractivity contribution in [1.82, 2.24) is 0 Å². The Kier molecular flexibility index (Phi) is 6.82. The summed E-state index contributed by atoms with van der Waals surface area (Å²) in [5.74, 6) is 1.82. The number of benzene rings is 2. The molecule has 1 heterocycles. The van der Waals surface area contributed by atoms with Gasteiger partial charge in [0.1, 0.15) is 0 Å². The van der Waals surface area contributed by atoms with Gasteiger partial charge in [0.05, 0.1) is 14.2 Å². The molecule has 0 atom stereocenters. The summed E-state index contributed by atoms with van der Waals surface area (Å²) in [6, 6.07) is 10.5. The first kappa shape index (κ1) is 21.5. The van der Waals surface area contributed by atoms with Gasteiger partial charge in [0, 0.05) is 36.1 Å². The Morgan fingerprint density at radius 3 is 2.33 bits per heavy atom. The highest BCUT2D eigenvalue weighted by Gasteiger charge is 2.24. The highest BCUT2D eigenvalue weighted by atomic mass is 16.5. The standard InChI is InChI=1S/C23H29N3O4/c1-15(2)11-12-26-19-8-6-17(13-16(19)5-10-22(26)27)24-23(28)25-18-7-9-20(29-3)21(14-18)30-4/h6-9,13-15H,5,10-12H2,1-4H3,(H2,24,25,28). The molecule has 7 heteroatoms. The van der Waals surface area contributed by atoms with E-state index in [0.717, 1.165) is 24.2 Å². The van der Waals surface area contributed by atoms with Crippen molar-refractivity contribution in [3.63, 3.8) is 0 Å². The number of nitrogens with zero attached hydrogens (tertiary/aromatic N) is 1. The number of methoxy groups -OCH3 is 2. The van der Waals surface area contributed by atoms with Gasteiger partial charge in [-0.25, -0.2) is 4.79 Å². The molecule has 0 saturated carbocycles. The predicted molar refractivity (Wildman–Crippen MR) is 119 cm³/mol. The molecule has 2 N–H and O–H groups in total. The average Bonchev–Trinajstić information content (AvgIpc) is 2.72. The molecule has 0 spiro atoms. The van der Waals surface area contributed by atoms with Crippen LogP contribution >= 0.6 is 0 Å². The Labute approximate surface area is 177 Å². The molecular formula is C23H29N3O4. The van der Waals surface area contributed by atoms with Gasteiger partial charge in [0.25, 0.3) is 0 Å². The van der Waals surface area contributed by atoms with Crippen molar-refractivity contribution in [2.75, 3.05) is 36.3 Å². The zero-order valence-electron chi connectivity index (χ0n) is 18.0. The molecule has 0 aliphatic carbocycles. The smallest absolute Gasteiger partial charge is 0.323 e. The molecule has 1 aliphatic rings. The number of nitrogens with one attached hydrogen (secondary N) is 2. The monoisotopic (exact) mass is 411 g/mol. The first-order valence-electron chi connectivity index (χ1n) is 10.1. The van der Waals surface area contributed by atoms with Crippen LogP contribution in [-0.4, -0.2) is 32.7 Å². The van der Waals surface area contributed by atoms with Crippen LogP contribution in [0.3, 0.4) is 0 Å². The summed E-state index contributed by atoms with van der Waals surface area (Å²) in [6.45, 7) is 5.02. The van der Waals surface area contributed by atoms with Crippen LogP contribution in [0.2, 0.25) is 0 Å². The van der Waals surface area contributed by atoms with Crippen molar-refractivity contribution in [2.24, 2.45) is 5.92 Å². The van der Waals surface area contributed by atoms with Gasteiger partial charge >= 0.3 is 6.03 Å². The maximum atomic E-state index is 12.4. The summed E-state index contributed by atoms with van der Waals surface area (Å²) in [6.07, 6.45) is 2.13. The van der Waals surface area contributed by atoms with E-state index in [1.807, 2.05) is 23.1 Å². The molecule has 3 rings (SSSR count). The maximum Gasteiger partial charge on any atom is 0.323 e. The molecule has 7 nitrogen and oxygen atoms in total. The number of fused-ring (bicyclic) bond motifs is 1. The van der Waals surface area contributed by atoms with Crippen molar-refractivity contribution in [1.29, 1.82) is 0 Å². The molecule has 160 valence electrons. The van der Waals surface area contributed by atoms with E-state index in [2.05, 4.69) is 24.5 Å². The number of carbonyl (C=O) groups excluding carboxylic acids is 2. The van der Waals surface area contributed by atoms with E-state index in [0.29, 0.717) is 41.6 Å². The van der Waals surface area contributed by atoms with Crippen LogP contribution < -0.4 is 25.0 Å². The number of aryl methyl sites for hydroxylation is 1. The minimum absolute atomic E-state index is 0.162. The summed E-state index contributed by atoms with van der Waals surface area (Å²) < 4.78 is 10.5. The van der Waals surface area contributed by atoms with Gasteiger partial charge in [-0.2, -0.15) is 0 Å². The van der Waals surface area contributed by atoms with Crippen LogP contribution in [0.15, 0.2) is 36.4 Å². The number of ether oxygens (including phenoxy) is 2. The molecule has 30 heavy (non-hydrogen) atoms. The minimum atomic E-state index is -0.356. The fraction of sp³-hybridized carbons (Fsp3) is 0.391. The van der Waals surface area contributed by atoms with Crippen molar-refractivity contribution in [2.45, 2.75) is 33.1 Å². The lowest BCUT2D eigenvalue weighted by Gasteiger charge is -2.30. The summed E-state index contributed by atoms with van der Waals surface area (Å²) in [5, 5.41) is 5.65. The van der Waals surface area contributed by atoms with Crippen molar-refractivity contribution in [3.05, 3.63) is 42.0 Å². The summed E-state index contributed by atoms with van der Waals surface area (Å²) >= 11 is 0. The Balaban J connectivity index is 1.69. The normalized spacial score (nSPS) is 13.1. The zero-order valence-corrected chi connectivity index (χ0v) is 18.0. The molecule has 2 aromatic carbocycles. The number of anilines is 3. The highest BCUT2D eigenvalue weighted by molar-refractivity contribution is 6.01. The van der Waals surface area contributed by atoms with E-state index in [9.17, 15) is 9.59 Å². The third-order valence-electron chi connectivity index (χ3n) is 5.11. The molecule has 1 aliphatic heterocycles. The number of rotatable bonds is 7. The minimum Gasteiger partial charge on any atom is -0.493 e. The molecular weight excluding hydrogens is 382 g/mol. The van der Waals surface area contributed by atoms with E-state index in [1.165, 1.54) is 0 Å². The number of hydrogen-bond donors (Lipinski definition) is 2. The zero-order chi connectivity index (χ0) is 21.7. The Morgan fingerprint density at radius 2 is 1.67 bits per heavy atom.